The molecule has 0 aromatic heterocycles. The summed E-state index contributed by atoms with van der Waals surface area (Å²) in [4.78, 5) is 30.0. The van der Waals surface area contributed by atoms with E-state index < -0.39 is 5.60 Å². The van der Waals surface area contributed by atoms with Crippen molar-refractivity contribution in [2.75, 3.05) is 39.4 Å². The van der Waals surface area contributed by atoms with Gasteiger partial charge in [-0.1, -0.05) is 29.3 Å². The highest BCUT2D eigenvalue weighted by Crippen LogP contribution is 2.28. The summed E-state index contributed by atoms with van der Waals surface area (Å²) < 4.78 is 12.2. The van der Waals surface area contributed by atoms with Crippen LogP contribution in [0.4, 0.5) is 0 Å². The summed E-state index contributed by atoms with van der Waals surface area (Å²) in [5.41, 5.74) is -0.398. The van der Waals surface area contributed by atoms with Gasteiger partial charge in [-0.15, -0.1) is 0 Å². The van der Waals surface area contributed by atoms with E-state index in [1.807, 2.05) is 11.0 Å². The normalized spacial score (nSPS) is 21.0. The van der Waals surface area contributed by atoms with Crippen LogP contribution in [-0.2, 0) is 9.53 Å². The molecule has 2 saturated heterocycles. The molecule has 0 aliphatic carbocycles. The predicted molar refractivity (Wildman–Crippen MR) is 128 cm³/mol. The quantitative estimate of drug-likeness (QED) is 0.589. The van der Waals surface area contributed by atoms with Crippen molar-refractivity contribution in [2.24, 2.45) is 0 Å². The Hall–Kier alpha value is -2.28. The number of carbonyl (C=O) groups excluding carboxylic acids is 2. The third kappa shape index (κ3) is 6.19. The zero-order chi connectivity index (χ0) is 23.3. The van der Waals surface area contributed by atoms with Gasteiger partial charge in [-0.2, -0.15) is 0 Å². The summed E-state index contributed by atoms with van der Waals surface area (Å²) in [5, 5.41) is 1.14. The molecule has 0 saturated carbocycles. The number of amides is 2. The summed E-state index contributed by atoms with van der Waals surface area (Å²) in [5.74, 6) is 0.509. The average molecular weight is 491 g/mol. The van der Waals surface area contributed by atoms with Crippen LogP contribution in [0.15, 0.2) is 48.5 Å². The molecule has 2 aliphatic rings. The average Bonchev–Trinajstić information content (AvgIpc) is 2.84. The van der Waals surface area contributed by atoms with E-state index in [0.29, 0.717) is 34.5 Å². The van der Waals surface area contributed by atoms with Crippen molar-refractivity contribution < 1.29 is 19.1 Å². The molecule has 33 heavy (non-hydrogen) atoms. The van der Waals surface area contributed by atoms with E-state index >= 15 is 0 Å². The first-order valence-corrected chi connectivity index (χ1v) is 12.0. The predicted octanol–water partition coefficient (Wildman–Crippen LogP) is 4.69. The monoisotopic (exact) mass is 490 g/mol. The topological polar surface area (TPSA) is 59.1 Å². The zero-order valence-electron chi connectivity index (χ0n) is 18.5. The molecule has 8 heteroatoms. The molecule has 2 aliphatic heterocycles. The SMILES string of the molecule is O=C(CC1(COc2cccc(Cl)c2)CN(C(=O)c2ccc(Cl)cc2)CCO1)N1CCCCC1. The number of piperidine rings is 1. The highest BCUT2D eigenvalue weighted by Gasteiger charge is 2.42. The molecule has 6 nitrogen and oxygen atoms in total. The van der Waals surface area contributed by atoms with Crippen LogP contribution in [0, 0.1) is 0 Å². The number of hydrogen-bond donors (Lipinski definition) is 0. The van der Waals surface area contributed by atoms with Gasteiger partial charge in [-0.25, -0.2) is 0 Å². The van der Waals surface area contributed by atoms with E-state index in [9.17, 15) is 9.59 Å². The van der Waals surface area contributed by atoms with Crippen LogP contribution in [0.25, 0.3) is 0 Å². The van der Waals surface area contributed by atoms with Gasteiger partial charge in [0, 0.05) is 35.2 Å². The van der Waals surface area contributed by atoms with E-state index in [1.54, 1.807) is 47.4 Å². The van der Waals surface area contributed by atoms with Crippen LogP contribution in [0.2, 0.25) is 10.0 Å². The van der Waals surface area contributed by atoms with Gasteiger partial charge in [0.05, 0.1) is 19.6 Å². The molecule has 2 amide bonds. The van der Waals surface area contributed by atoms with Crippen LogP contribution in [0.3, 0.4) is 0 Å². The van der Waals surface area contributed by atoms with Crippen molar-refractivity contribution in [3.8, 4) is 5.75 Å². The van der Waals surface area contributed by atoms with Crippen LogP contribution in [-0.4, -0.2) is 66.6 Å². The van der Waals surface area contributed by atoms with Gasteiger partial charge in [0.2, 0.25) is 5.91 Å². The minimum Gasteiger partial charge on any atom is -0.490 e. The molecule has 4 rings (SSSR count). The second-order valence-electron chi connectivity index (χ2n) is 8.63. The lowest BCUT2D eigenvalue weighted by molar-refractivity contribution is -0.153. The van der Waals surface area contributed by atoms with E-state index in [4.69, 9.17) is 32.7 Å². The minimum absolute atomic E-state index is 0.0326. The first kappa shape index (κ1) is 23.9. The van der Waals surface area contributed by atoms with Crippen molar-refractivity contribution in [2.45, 2.75) is 31.3 Å². The molecular formula is C25H28Cl2N2O4. The van der Waals surface area contributed by atoms with Gasteiger partial charge >= 0.3 is 0 Å². The standard InChI is InChI=1S/C25H28Cl2N2O4/c26-20-9-7-19(8-10-20)24(31)29-13-14-33-25(17-29,16-23(30)28-11-2-1-3-12-28)18-32-22-6-4-5-21(27)15-22/h4-10,15H,1-3,11-14,16-18H2. The molecule has 1 atom stereocenters. The van der Waals surface area contributed by atoms with Gasteiger partial charge < -0.3 is 19.3 Å². The smallest absolute Gasteiger partial charge is 0.254 e. The molecule has 0 N–H and O–H groups in total. The Morgan fingerprint density at radius 1 is 0.939 bits per heavy atom. The largest absolute Gasteiger partial charge is 0.490 e. The van der Waals surface area contributed by atoms with Crippen LogP contribution < -0.4 is 4.74 Å². The molecule has 1 unspecified atom stereocenters. The lowest BCUT2D eigenvalue weighted by Gasteiger charge is -2.43. The summed E-state index contributed by atoms with van der Waals surface area (Å²) in [7, 11) is 0. The number of carbonyl (C=O) groups is 2. The Labute approximate surface area is 204 Å². The fourth-order valence-corrected chi connectivity index (χ4v) is 4.65. The fourth-order valence-electron chi connectivity index (χ4n) is 4.34. The van der Waals surface area contributed by atoms with Gasteiger partial charge in [0.15, 0.2) is 0 Å². The highest BCUT2D eigenvalue weighted by molar-refractivity contribution is 6.31. The highest BCUT2D eigenvalue weighted by atomic mass is 35.5. The third-order valence-electron chi connectivity index (χ3n) is 6.11. The molecular weight excluding hydrogens is 463 g/mol. The number of nitrogens with zero attached hydrogens (tertiary/aromatic N) is 2. The number of morpholine rings is 1. The molecule has 2 fully saturated rings. The van der Waals surface area contributed by atoms with Crippen molar-refractivity contribution in [3.63, 3.8) is 0 Å². The lowest BCUT2D eigenvalue weighted by atomic mass is 9.95. The number of halogens is 2. The number of rotatable bonds is 6. The summed E-state index contributed by atoms with van der Waals surface area (Å²) >= 11 is 12.1. The fraction of sp³-hybridized carbons (Fsp3) is 0.440. The molecule has 2 aromatic rings. The molecule has 2 heterocycles. The summed E-state index contributed by atoms with van der Waals surface area (Å²) in [6, 6.07) is 13.9. The van der Waals surface area contributed by atoms with Crippen molar-refractivity contribution in [1.29, 1.82) is 0 Å². The van der Waals surface area contributed by atoms with Crippen LogP contribution in [0.5, 0.6) is 5.75 Å². The van der Waals surface area contributed by atoms with E-state index in [-0.39, 0.29) is 31.4 Å². The Morgan fingerprint density at radius 3 is 2.42 bits per heavy atom. The number of hydrogen-bond acceptors (Lipinski definition) is 4. The maximum absolute atomic E-state index is 13.2. The molecule has 0 radical (unpaired) electrons. The molecule has 176 valence electrons. The van der Waals surface area contributed by atoms with E-state index in [0.717, 1.165) is 32.4 Å². The van der Waals surface area contributed by atoms with Gasteiger partial charge in [-0.3, -0.25) is 9.59 Å². The maximum atomic E-state index is 13.2. The lowest BCUT2D eigenvalue weighted by Crippen LogP contribution is -2.58. The van der Waals surface area contributed by atoms with Crippen LogP contribution in [0.1, 0.15) is 36.0 Å². The first-order chi connectivity index (χ1) is 15.9. The van der Waals surface area contributed by atoms with Crippen molar-refractivity contribution in [3.05, 3.63) is 64.1 Å². The van der Waals surface area contributed by atoms with Crippen LogP contribution >= 0.6 is 23.2 Å². The number of likely N-dealkylation sites (tertiary alicyclic amines) is 1. The van der Waals surface area contributed by atoms with E-state index in [2.05, 4.69) is 0 Å². The zero-order valence-corrected chi connectivity index (χ0v) is 20.0. The Bertz CT molecular complexity index is 979. The van der Waals surface area contributed by atoms with Gasteiger partial charge in [0.1, 0.15) is 18.0 Å². The molecule has 0 spiro atoms. The first-order valence-electron chi connectivity index (χ1n) is 11.3. The maximum Gasteiger partial charge on any atom is 0.254 e. The molecule has 2 aromatic carbocycles. The second-order valence-corrected chi connectivity index (χ2v) is 9.50. The van der Waals surface area contributed by atoms with Gasteiger partial charge in [0.25, 0.3) is 5.91 Å². The van der Waals surface area contributed by atoms with Crippen molar-refractivity contribution in [1.82, 2.24) is 9.80 Å². The number of ether oxygens (including phenoxy) is 2. The summed E-state index contributed by atoms with van der Waals surface area (Å²) in [6.07, 6.45) is 3.32. The second kappa shape index (κ2) is 10.8. The Kier molecular flexibility index (Phi) is 7.78. The summed E-state index contributed by atoms with van der Waals surface area (Å²) in [6.45, 7) is 2.69. The molecule has 0 bridgehead atoms. The van der Waals surface area contributed by atoms with Crippen molar-refractivity contribution >= 4 is 35.0 Å². The Balaban J connectivity index is 1.53. The number of benzene rings is 2. The Morgan fingerprint density at radius 2 is 1.70 bits per heavy atom. The minimum atomic E-state index is -0.947. The van der Waals surface area contributed by atoms with Gasteiger partial charge in [-0.05, 0) is 61.7 Å². The van der Waals surface area contributed by atoms with E-state index in [1.165, 1.54) is 0 Å². The third-order valence-corrected chi connectivity index (χ3v) is 6.59.